The predicted octanol–water partition coefficient (Wildman–Crippen LogP) is 6.89. The fourth-order valence-electron chi connectivity index (χ4n) is 1.96. The maximum absolute atomic E-state index is 2.23. The maximum atomic E-state index is 2.23. The van der Waals surface area contributed by atoms with Crippen LogP contribution in [0, 0.1) is 77.0 Å². The van der Waals surface area contributed by atoms with Crippen LogP contribution in [0.2, 0.25) is 0 Å². The van der Waals surface area contributed by atoms with Gasteiger partial charge in [0.05, 0.1) is 0 Å². The minimum absolute atomic E-state index is 0. The van der Waals surface area contributed by atoms with Gasteiger partial charge in [0.1, 0.15) is 0 Å². The molecule has 2 aliphatic carbocycles. The fourth-order valence-corrected chi connectivity index (χ4v) is 1.96. The van der Waals surface area contributed by atoms with Crippen LogP contribution in [0.4, 0.5) is 0 Å². The van der Waals surface area contributed by atoms with Crippen molar-refractivity contribution in [3.63, 3.8) is 0 Å². The van der Waals surface area contributed by atoms with Crippen molar-refractivity contribution in [1.82, 2.24) is 0 Å². The summed E-state index contributed by atoms with van der Waals surface area (Å²) in [7, 11) is 0.380. The molecule has 2 aromatic rings. The summed E-state index contributed by atoms with van der Waals surface area (Å²) in [6, 6.07) is 20.6. The Bertz CT molecular complexity index is 478. The smallest absolute Gasteiger partial charge is 0 e. The van der Waals surface area contributed by atoms with Crippen molar-refractivity contribution in [3.05, 3.63) is 149 Å². The second kappa shape index (κ2) is 21.0. The Labute approximate surface area is 202 Å². The molecule has 0 atom stereocenters. The molecule has 2 aliphatic rings. The molecule has 29 heavy (non-hydrogen) atoms. The first kappa shape index (κ1) is 28.8. The third-order valence-corrected chi connectivity index (χ3v) is 3.18. The fraction of sp³-hybridized carbons (Fsp3) is 0.111. The van der Waals surface area contributed by atoms with E-state index in [1.54, 1.807) is 0 Å². The van der Waals surface area contributed by atoms with E-state index in [1.165, 1.54) is 11.1 Å². The Hall–Kier alpha value is -0.247. The Morgan fingerprint density at radius 1 is 0.448 bits per heavy atom. The van der Waals surface area contributed by atoms with Gasteiger partial charge in [-0.25, -0.2) is 0 Å². The van der Waals surface area contributed by atoms with E-state index in [1.807, 2.05) is 101 Å². The van der Waals surface area contributed by atoms with E-state index in [0.29, 0.717) is 7.92 Å². The summed E-state index contributed by atoms with van der Waals surface area (Å²) in [6.45, 7) is 6.69. The van der Waals surface area contributed by atoms with Gasteiger partial charge in [0.25, 0.3) is 0 Å². The predicted molar refractivity (Wildman–Crippen MR) is 127 cm³/mol. The number of benzene rings is 2. The van der Waals surface area contributed by atoms with Crippen molar-refractivity contribution in [2.45, 2.75) is 0 Å². The normalized spacial score (nSPS) is 14.3. The zero-order valence-corrected chi connectivity index (χ0v) is 21.0. The molecular formula is C27H31PZr. The topological polar surface area (TPSA) is 0 Å². The van der Waals surface area contributed by atoms with E-state index < -0.39 is 0 Å². The van der Waals surface area contributed by atoms with Gasteiger partial charge >= 0.3 is 0 Å². The van der Waals surface area contributed by atoms with E-state index in [2.05, 4.69) is 57.1 Å². The summed E-state index contributed by atoms with van der Waals surface area (Å²) < 4.78 is 0. The van der Waals surface area contributed by atoms with Crippen molar-refractivity contribution in [1.29, 1.82) is 0 Å². The monoisotopic (exact) mass is 476 g/mol. The van der Waals surface area contributed by atoms with Gasteiger partial charge in [-0.1, -0.05) is 60.7 Å². The van der Waals surface area contributed by atoms with Crippen molar-refractivity contribution in [2.24, 2.45) is 0 Å². The summed E-state index contributed by atoms with van der Waals surface area (Å²) in [5, 5.41) is 0. The third kappa shape index (κ3) is 19.5. The molecule has 2 aromatic carbocycles. The molecule has 4 rings (SSSR count). The van der Waals surface area contributed by atoms with Gasteiger partial charge in [-0.05, 0) is 108 Å². The van der Waals surface area contributed by atoms with Gasteiger partial charge in [-0.3, -0.25) is 0 Å². The second-order valence-electron chi connectivity index (χ2n) is 6.42. The van der Waals surface area contributed by atoms with Crippen molar-refractivity contribution in [3.8, 4) is 0 Å². The molecule has 0 aliphatic heterocycles. The first-order valence-corrected chi connectivity index (χ1v) is 12.1. The first-order chi connectivity index (χ1) is 13.7. The zero-order valence-electron chi connectivity index (χ0n) is 17.6. The van der Waals surface area contributed by atoms with Crippen molar-refractivity contribution < 1.29 is 26.2 Å². The van der Waals surface area contributed by atoms with Crippen molar-refractivity contribution >= 4 is 7.92 Å². The van der Waals surface area contributed by atoms with Crippen LogP contribution in [0.15, 0.2) is 60.7 Å². The average Bonchev–Trinajstić information content (AvgIpc) is 3.46. The van der Waals surface area contributed by atoms with Gasteiger partial charge in [0.2, 0.25) is 0 Å². The van der Waals surface area contributed by atoms with Crippen LogP contribution in [0.1, 0.15) is 11.1 Å². The van der Waals surface area contributed by atoms with E-state index in [4.69, 9.17) is 0 Å². The standard InChI is InChI=1S/C14H12.2C5H5.C3H9P.Zr/c1-3-7-13(8-4-1)11-12-14-9-5-2-6-10-14;2*1-2-4-5-3-1;1-4(2)3;/h1-12H;2*1-5H;1-3H3;. The minimum atomic E-state index is 0. The van der Waals surface area contributed by atoms with E-state index in [0.717, 1.165) is 0 Å². The Balaban J connectivity index is 0.000000430. The molecule has 0 spiro atoms. The molecule has 12 radical (unpaired) electrons. The Kier molecular flexibility index (Phi) is 20.8. The van der Waals surface area contributed by atoms with Crippen LogP contribution in [0.25, 0.3) is 0 Å². The van der Waals surface area contributed by atoms with Crippen LogP contribution in [-0.2, 0) is 26.2 Å². The zero-order chi connectivity index (χ0) is 20.3. The molecule has 0 aromatic heterocycles. The average molecular weight is 478 g/mol. The largest absolute Gasteiger partial charge is 0.116 e. The molecule has 0 nitrogen and oxygen atoms in total. The summed E-state index contributed by atoms with van der Waals surface area (Å²) in [5.41, 5.74) is 2.47. The Morgan fingerprint density at radius 3 is 0.862 bits per heavy atom. The summed E-state index contributed by atoms with van der Waals surface area (Å²) in [4.78, 5) is 0. The molecule has 0 saturated heterocycles. The molecule has 2 saturated carbocycles. The quantitative estimate of drug-likeness (QED) is 0.422. The summed E-state index contributed by atoms with van der Waals surface area (Å²) in [5.74, 6) is 0. The number of hydrogen-bond donors (Lipinski definition) is 0. The number of hydrogen-bond acceptors (Lipinski definition) is 0. The van der Waals surface area contributed by atoms with Crippen LogP contribution >= 0.6 is 7.92 Å². The molecule has 0 amide bonds. The van der Waals surface area contributed by atoms with Crippen LogP contribution in [0.5, 0.6) is 0 Å². The van der Waals surface area contributed by atoms with Crippen molar-refractivity contribution in [2.75, 3.05) is 20.0 Å². The van der Waals surface area contributed by atoms with Gasteiger partial charge in [-0.15, -0.1) is 7.92 Å². The Morgan fingerprint density at radius 2 is 0.655 bits per heavy atom. The van der Waals surface area contributed by atoms with E-state index in [-0.39, 0.29) is 26.2 Å². The van der Waals surface area contributed by atoms with Gasteiger partial charge in [-0.2, -0.15) is 0 Å². The first-order valence-electron chi connectivity index (χ1n) is 9.41. The molecule has 2 fully saturated rings. The molecule has 0 unspecified atom stereocenters. The SMILES string of the molecule is CP(C)C.[CH]([CH]c1ccccc1)c1ccccc1.[CH]1[CH][CH][CH][CH]1.[CH]1[CH][CH][CH][CH]1.[Zr]. The molecule has 148 valence electrons. The molecule has 0 bridgehead atoms. The van der Waals surface area contributed by atoms with E-state index >= 15 is 0 Å². The summed E-state index contributed by atoms with van der Waals surface area (Å²) in [6.07, 6.45) is 24.2. The summed E-state index contributed by atoms with van der Waals surface area (Å²) >= 11 is 0. The van der Waals surface area contributed by atoms with Crippen LogP contribution in [0.3, 0.4) is 0 Å². The molecule has 0 N–H and O–H groups in total. The minimum Gasteiger partial charge on any atom is -0.116 e. The second-order valence-corrected chi connectivity index (χ2v) is 9.10. The van der Waals surface area contributed by atoms with Gasteiger partial charge < -0.3 is 0 Å². The van der Waals surface area contributed by atoms with Crippen LogP contribution in [-0.4, -0.2) is 20.0 Å². The van der Waals surface area contributed by atoms with Gasteiger partial charge in [0, 0.05) is 26.2 Å². The molecule has 2 heteroatoms. The molecule has 0 heterocycles. The van der Waals surface area contributed by atoms with Crippen LogP contribution < -0.4 is 0 Å². The molecular weight excluding hydrogens is 446 g/mol. The number of rotatable bonds is 3. The van der Waals surface area contributed by atoms with Gasteiger partial charge in [0.15, 0.2) is 0 Å². The third-order valence-electron chi connectivity index (χ3n) is 3.18. The maximum Gasteiger partial charge on any atom is 0 e. The van der Waals surface area contributed by atoms with E-state index in [9.17, 15) is 0 Å².